The molecule has 0 aliphatic heterocycles. The van der Waals surface area contributed by atoms with E-state index in [4.69, 9.17) is 9.47 Å². The summed E-state index contributed by atoms with van der Waals surface area (Å²) in [5.41, 5.74) is 5.28. The molecule has 1 amide bonds. The van der Waals surface area contributed by atoms with Crippen molar-refractivity contribution in [2.45, 2.75) is 27.3 Å². The monoisotopic (exact) mass is 456 g/mol. The molecule has 0 fully saturated rings. The number of nitrogens with one attached hydrogen (secondary N) is 1. The zero-order valence-corrected chi connectivity index (χ0v) is 20.1. The maximum atomic E-state index is 13.8. The van der Waals surface area contributed by atoms with Crippen LogP contribution in [0.1, 0.15) is 32.6 Å². The number of methoxy groups -OCH3 is 2. The van der Waals surface area contributed by atoms with Crippen LogP contribution in [-0.4, -0.2) is 25.1 Å². The van der Waals surface area contributed by atoms with Crippen LogP contribution in [0.3, 0.4) is 0 Å². The summed E-state index contributed by atoms with van der Waals surface area (Å²) < 4.78 is 10.7. The van der Waals surface area contributed by atoms with E-state index < -0.39 is 0 Å². The van der Waals surface area contributed by atoms with Gasteiger partial charge < -0.3 is 19.4 Å². The van der Waals surface area contributed by atoms with E-state index in [0.717, 1.165) is 33.3 Å². The van der Waals surface area contributed by atoms with Crippen molar-refractivity contribution in [1.82, 2.24) is 4.98 Å². The number of nitrogens with zero attached hydrogens (tertiary/aromatic N) is 1. The molecule has 4 aromatic rings. The summed E-state index contributed by atoms with van der Waals surface area (Å²) >= 11 is 0. The van der Waals surface area contributed by atoms with E-state index >= 15 is 0 Å². The second-order valence-electron chi connectivity index (χ2n) is 8.47. The first-order chi connectivity index (χ1) is 16.3. The van der Waals surface area contributed by atoms with Gasteiger partial charge in [0.25, 0.3) is 11.5 Å². The number of anilines is 1. The zero-order valence-electron chi connectivity index (χ0n) is 20.1. The molecule has 0 radical (unpaired) electrons. The summed E-state index contributed by atoms with van der Waals surface area (Å²) in [5, 5.41) is 0.916. The van der Waals surface area contributed by atoms with Crippen molar-refractivity contribution in [3.8, 4) is 11.5 Å². The number of fused-ring (bicyclic) bond motifs is 1. The van der Waals surface area contributed by atoms with Gasteiger partial charge in [0.2, 0.25) is 0 Å². The van der Waals surface area contributed by atoms with Crippen LogP contribution < -0.4 is 19.9 Å². The van der Waals surface area contributed by atoms with Crippen molar-refractivity contribution >= 4 is 22.5 Å². The SMILES string of the molecule is COc1ccc(C(=O)N(Cc2cc3ccc(C)cc3[nH]c2=O)c2cc(C)ccc2C)cc1OC. The van der Waals surface area contributed by atoms with Gasteiger partial charge in [0.05, 0.1) is 20.8 Å². The Balaban J connectivity index is 1.83. The average molecular weight is 457 g/mol. The Morgan fingerprint density at radius 3 is 2.29 bits per heavy atom. The van der Waals surface area contributed by atoms with Crippen LogP contribution in [0.5, 0.6) is 11.5 Å². The third-order valence-corrected chi connectivity index (χ3v) is 5.94. The largest absolute Gasteiger partial charge is 0.493 e. The molecule has 1 aromatic heterocycles. The molecule has 174 valence electrons. The number of ether oxygens (including phenoxy) is 2. The number of hydrogen-bond acceptors (Lipinski definition) is 4. The molecule has 4 rings (SSSR count). The highest BCUT2D eigenvalue weighted by atomic mass is 16.5. The molecule has 0 spiro atoms. The van der Waals surface area contributed by atoms with Gasteiger partial charge in [0.15, 0.2) is 11.5 Å². The van der Waals surface area contributed by atoms with E-state index in [1.165, 1.54) is 7.11 Å². The van der Waals surface area contributed by atoms with Gasteiger partial charge in [-0.2, -0.15) is 0 Å². The average Bonchev–Trinajstić information content (AvgIpc) is 2.83. The van der Waals surface area contributed by atoms with Crippen LogP contribution in [0.25, 0.3) is 10.9 Å². The van der Waals surface area contributed by atoms with E-state index in [9.17, 15) is 9.59 Å². The molecule has 0 saturated heterocycles. The lowest BCUT2D eigenvalue weighted by atomic mass is 10.1. The van der Waals surface area contributed by atoms with Crippen molar-refractivity contribution in [1.29, 1.82) is 0 Å². The second-order valence-corrected chi connectivity index (χ2v) is 8.47. The maximum Gasteiger partial charge on any atom is 0.258 e. The number of amides is 1. The van der Waals surface area contributed by atoms with E-state index in [1.807, 2.05) is 63.2 Å². The number of H-pyrrole nitrogens is 1. The summed E-state index contributed by atoms with van der Waals surface area (Å²) in [6, 6.07) is 18.8. The molecule has 34 heavy (non-hydrogen) atoms. The van der Waals surface area contributed by atoms with Crippen molar-refractivity contribution in [2.24, 2.45) is 0 Å². The quantitative estimate of drug-likeness (QED) is 0.426. The Hall–Kier alpha value is -4.06. The molecule has 1 heterocycles. The van der Waals surface area contributed by atoms with E-state index in [1.54, 1.807) is 30.2 Å². The number of rotatable bonds is 6. The van der Waals surface area contributed by atoms with Gasteiger partial charge in [0.1, 0.15) is 0 Å². The second kappa shape index (κ2) is 9.43. The first-order valence-electron chi connectivity index (χ1n) is 11.0. The van der Waals surface area contributed by atoms with Gasteiger partial charge in [-0.25, -0.2) is 0 Å². The van der Waals surface area contributed by atoms with E-state index in [2.05, 4.69) is 4.98 Å². The Morgan fingerprint density at radius 2 is 1.56 bits per heavy atom. The van der Waals surface area contributed by atoms with Gasteiger partial charge in [-0.15, -0.1) is 0 Å². The molecule has 0 atom stereocenters. The minimum atomic E-state index is -0.238. The van der Waals surface area contributed by atoms with Crippen LogP contribution >= 0.6 is 0 Å². The molecule has 0 saturated carbocycles. The van der Waals surface area contributed by atoms with Crippen LogP contribution in [0, 0.1) is 20.8 Å². The first kappa shape index (κ1) is 23.1. The van der Waals surface area contributed by atoms with E-state index in [0.29, 0.717) is 22.6 Å². The number of carbonyl (C=O) groups is 1. The lowest BCUT2D eigenvalue weighted by molar-refractivity contribution is 0.0984. The smallest absolute Gasteiger partial charge is 0.258 e. The fourth-order valence-electron chi connectivity index (χ4n) is 4.05. The Labute approximate surface area is 198 Å². The number of benzene rings is 3. The highest BCUT2D eigenvalue weighted by Gasteiger charge is 2.23. The molecule has 3 aromatic carbocycles. The highest BCUT2D eigenvalue weighted by Crippen LogP contribution is 2.30. The fraction of sp³-hybridized carbons (Fsp3) is 0.214. The molecule has 0 unspecified atom stereocenters. The Morgan fingerprint density at radius 1 is 0.853 bits per heavy atom. The predicted molar refractivity (Wildman–Crippen MR) is 135 cm³/mol. The molecule has 0 aliphatic rings. The lowest BCUT2D eigenvalue weighted by Crippen LogP contribution is -2.33. The number of hydrogen-bond donors (Lipinski definition) is 1. The van der Waals surface area contributed by atoms with Crippen molar-refractivity contribution in [3.63, 3.8) is 0 Å². The van der Waals surface area contributed by atoms with Gasteiger partial charge in [0, 0.05) is 22.3 Å². The first-order valence-corrected chi connectivity index (χ1v) is 11.0. The third-order valence-electron chi connectivity index (χ3n) is 5.94. The standard InChI is InChI=1S/C28H28N2O4/c1-17-7-9-20-14-22(27(31)29-23(20)12-17)16-30(24-13-18(2)6-8-19(24)3)28(32)21-10-11-25(33-4)26(15-21)34-5/h6-15H,16H2,1-5H3,(H,29,31). The molecule has 6 nitrogen and oxygen atoms in total. The maximum absolute atomic E-state index is 13.8. The molecular formula is C28H28N2O4. The van der Waals surface area contributed by atoms with Crippen molar-refractivity contribution in [3.05, 3.63) is 98.8 Å². The summed E-state index contributed by atoms with van der Waals surface area (Å²) in [6.07, 6.45) is 0. The van der Waals surface area contributed by atoms with Gasteiger partial charge in [-0.05, 0) is 79.2 Å². The van der Waals surface area contributed by atoms with Gasteiger partial charge in [-0.1, -0.05) is 24.3 Å². The van der Waals surface area contributed by atoms with E-state index in [-0.39, 0.29) is 18.0 Å². The minimum Gasteiger partial charge on any atom is -0.493 e. The van der Waals surface area contributed by atoms with Gasteiger partial charge >= 0.3 is 0 Å². The molecule has 6 heteroatoms. The zero-order chi connectivity index (χ0) is 24.4. The van der Waals surface area contributed by atoms with Crippen molar-refractivity contribution in [2.75, 3.05) is 19.1 Å². The molecule has 0 aliphatic carbocycles. The summed E-state index contributed by atoms with van der Waals surface area (Å²) in [5.74, 6) is 0.768. The fourth-order valence-corrected chi connectivity index (χ4v) is 4.05. The Kier molecular flexibility index (Phi) is 6.41. The molecule has 1 N–H and O–H groups in total. The summed E-state index contributed by atoms with van der Waals surface area (Å²) in [4.78, 5) is 31.4. The third kappa shape index (κ3) is 4.53. The summed E-state index contributed by atoms with van der Waals surface area (Å²) in [7, 11) is 3.08. The van der Waals surface area contributed by atoms with Crippen LogP contribution in [-0.2, 0) is 6.54 Å². The predicted octanol–water partition coefficient (Wildman–Crippen LogP) is 5.32. The topological polar surface area (TPSA) is 71.6 Å². The number of carbonyl (C=O) groups excluding carboxylic acids is 1. The van der Waals surface area contributed by atoms with Crippen LogP contribution in [0.2, 0.25) is 0 Å². The van der Waals surface area contributed by atoms with Crippen LogP contribution in [0.15, 0.2) is 65.5 Å². The lowest BCUT2D eigenvalue weighted by Gasteiger charge is -2.25. The number of pyridine rings is 1. The van der Waals surface area contributed by atoms with Gasteiger partial charge in [-0.3, -0.25) is 9.59 Å². The number of aryl methyl sites for hydroxylation is 3. The molecule has 0 bridgehead atoms. The number of aromatic nitrogens is 1. The molecular weight excluding hydrogens is 428 g/mol. The number of aromatic amines is 1. The summed E-state index contributed by atoms with van der Waals surface area (Å²) in [6.45, 7) is 6.04. The highest BCUT2D eigenvalue weighted by molar-refractivity contribution is 6.07. The Bertz CT molecular complexity index is 1440. The van der Waals surface area contributed by atoms with Crippen LogP contribution in [0.4, 0.5) is 5.69 Å². The van der Waals surface area contributed by atoms with Crippen molar-refractivity contribution < 1.29 is 14.3 Å². The normalized spacial score (nSPS) is 10.9. The minimum absolute atomic E-state index is 0.122.